The summed E-state index contributed by atoms with van der Waals surface area (Å²) in [6.07, 6.45) is 2.09. The first-order valence-corrected chi connectivity index (χ1v) is 8.43. The van der Waals surface area contributed by atoms with Crippen LogP contribution in [0.15, 0.2) is 58.0 Å². The standard InChI is InChI=1S/C18H20BrN3O.HI/c1-23-17-4-2-3-15(11-17)21-18(20)22-16-9-13(10-16)12-5-7-14(19)8-6-12;/h2-8,11,13,16H,9-10H2,1H3,(H3,20,21,22);1H. The highest BCUT2D eigenvalue weighted by Crippen LogP contribution is 2.39. The molecule has 3 N–H and O–H groups in total. The lowest BCUT2D eigenvalue weighted by Gasteiger charge is -2.33. The number of ether oxygens (including phenoxy) is 1. The molecule has 24 heavy (non-hydrogen) atoms. The molecule has 0 saturated heterocycles. The van der Waals surface area contributed by atoms with Gasteiger partial charge in [-0.25, -0.2) is 4.99 Å². The Labute approximate surface area is 168 Å². The number of hydrogen-bond donors (Lipinski definition) is 2. The van der Waals surface area contributed by atoms with Crippen LogP contribution >= 0.6 is 39.9 Å². The molecule has 0 aliphatic heterocycles. The molecule has 0 spiro atoms. The van der Waals surface area contributed by atoms with Crippen molar-refractivity contribution in [1.82, 2.24) is 0 Å². The minimum Gasteiger partial charge on any atom is -0.497 e. The molecule has 3 rings (SSSR count). The van der Waals surface area contributed by atoms with Crippen LogP contribution in [-0.4, -0.2) is 19.1 Å². The Bertz CT molecular complexity index is 700. The Morgan fingerprint density at radius 2 is 1.92 bits per heavy atom. The minimum atomic E-state index is 0. The van der Waals surface area contributed by atoms with E-state index in [0.717, 1.165) is 28.8 Å². The summed E-state index contributed by atoms with van der Waals surface area (Å²) in [6, 6.07) is 16.5. The van der Waals surface area contributed by atoms with E-state index in [2.05, 4.69) is 50.5 Å². The summed E-state index contributed by atoms with van der Waals surface area (Å²) in [5.74, 6) is 1.83. The van der Waals surface area contributed by atoms with Gasteiger partial charge in [-0.1, -0.05) is 34.1 Å². The number of nitrogens with one attached hydrogen (secondary N) is 1. The second kappa shape index (κ2) is 8.71. The zero-order valence-electron chi connectivity index (χ0n) is 13.4. The number of nitrogens with two attached hydrogens (primary N) is 1. The number of aliphatic imine (C=N–C) groups is 1. The first-order chi connectivity index (χ1) is 11.1. The van der Waals surface area contributed by atoms with Gasteiger partial charge in [0.05, 0.1) is 13.2 Å². The zero-order valence-corrected chi connectivity index (χ0v) is 17.3. The topological polar surface area (TPSA) is 59.6 Å². The predicted octanol–water partition coefficient (Wildman–Crippen LogP) is 4.75. The minimum absolute atomic E-state index is 0. The van der Waals surface area contributed by atoms with Gasteiger partial charge in [0.25, 0.3) is 0 Å². The highest BCUT2D eigenvalue weighted by Gasteiger charge is 2.30. The van der Waals surface area contributed by atoms with Crippen molar-refractivity contribution in [3.05, 3.63) is 58.6 Å². The molecule has 128 valence electrons. The van der Waals surface area contributed by atoms with E-state index < -0.39 is 0 Å². The summed E-state index contributed by atoms with van der Waals surface area (Å²) in [5.41, 5.74) is 8.26. The predicted molar refractivity (Wildman–Crippen MR) is 114 cm³/mol. The average molecular weight is 502 g/mol. The van der Waals surface area contributed by atoms with Gasteiger partial charge in [0.15, 0.2) is 5.96 Å². The van der Waals surface area contributed by atoms with Crippen LogP contribution in [0.5, 0.6) is 5.75 Å². The monoisotopic (exact) mass is 501 g/mol. The van der Waals surface area contributed by atoms with Crippen molar-refractivity contribution in [1.29, 1.82) is 0 Å². The van der Waals surface area contributed by atoms with Crippen LogP contribution < -0.4 is 15.8 Å². The molecule has 0 amide bonds. The fourth-order valence-electron chi connectivity index (χ4n) is 2.78. The second-order valence-electron chi connectivity index (χ2n) is 5.74. The molecule has 1 aliphatic carbocycles. The molecular weight excluding hydrogens is 481 g/mol. The molecule has 6 heteroatoms. The maximum absolute atomic E-state index is 6.00. The van der Waals surface area contributed by atoms with Gasteiger partial charge in [-0.15, -0.1) is 24.0 Å². The molecule has 0 radical (unpaired) electrons. The summed E-state index contributed by atoms with van der Waals surface area (Å²) >= 11 is 3.47. The summed E-state index contributed by atoms with van der Waals surface area (Å²) in [7, 11) is 1.65. The lowest BCUT2D eigenvalue weighted by molar-refractivity contribution is 0.353. The third-order valence-electron chi connectivity index (χ3n) is 4.12. The summed E-state index contributed by atoms with van der Waals surface area (Å²) in [5, 5.41) is 3.12. The van der Waals surface area contributed by atoms with Gasteiger partial charge in [-0.2, -0.15) is 0 Å². The number of hydrogen-bond acceptors (Lipinski definition) is 2. The maximum Gasteiger partial charge on any atom is 0.193 e. The number of methoxy groups -OCH3 is 1. The van der Waals surface area contributed by atoms with Gasteiger partial charge in [-0.3, -0.25) is 0 Å². The Hall–Kier alpha value is -1.28. The van der Waals surface area contributed by atoms with E-state index in [1.807, 2.05) is 24.3 Å². The highest BCUT2D eigenvalue weighted by molar-refractivity contribution is 14.0. The molecule has 0 atom stereocenters. The Kier molecular flexibility index (Phi) is 6.91. The molecule has 1 aliphatic rings. The summed E-state index contributed by atoms with van der Waals surface area (Å²) in [6.45, 7) is 0. The quantitative estimate of drug-likeness (QED) is 0.361. The first-order valence-electron chi connectivity index (χ1n) is 7.64. The Balaban J connectivity index is 0.00000208. The van der Waals surface area contributed by atoms with Crippen LogP contribution in [0, 0.1) is 0 Å². The molecule has 0 bridgehead atoms. The van der Waals surface area contributed by atoms with Crippen molar-refractivity contribution in [2.24, 2.45) is 10.7 Å². The third kappa shape index (κ3) is 4.86. The lowest BCUT2D eigenvalue weighted by atomic mass is 9.76. The van der Waals surface area contributed by atoms with E-state index in [9.17, 15) is 0 Å². The molecule has 2 aromatic rings. The van der Waals surface area contributed by atoms with Crippen LogP contribution in [-0.2, 0) is 0 Å². The van der Waals surface area contributed by atoms with Crippen molar-refractivity contribution in [2.75, 3.05) is 12.4 Å². The van der Waals surface area contributed by atoms with Gasteiger partial charge in [-0.05, 0) is 48.6 Å². The van der Waals surface area contributed by atoms with E-state index >= 15 is 0 Å². The van der Waals surface area contributed by atoms with Crippen molar-refractivity contribution in [2.45, 2.75) is 24.8 Å². The van der Waals surface area contributed by atoms with E-state index in [1.165, 1.54) is 5.56 Å². The van der Waals surface area contributed by atoms with Gasteiger partial charge >= 0.3 is 0 Å². The number of anilines is 1. The Morgan fingerprint density at radius 3 is 2.58 bits per heavy atom. The SMILES string of the molecule is COc1cccc(NC(N)=NC2CC(c3ccc(Br)cc3)C2)c1.I. The fourth-order valence-corrected chi connectivity index (χ4v) is 3.04. The summed E-state index contributed by atoms with van der Waals surface area (Å²) < 4.78 is 6.31. The maximum atomic E-state index is 6.00. The highest BCUT2D eigenvalue weighted by atomic mass is 127. The molecule has 0 unspecified atom stereocenters. The van der Waals surface area contributed by atoms with Gasteiger partial charge in [0, 0.05) is 16.2 Å². The van der Waals surface area contributed by atoms with Crippen molar-refractivity contribution in [3.8, 4) is 5.75 Å². The van der Waals surface area contributed by atoms with Crippen LogP contribution in [0.3, 0.4) is 0 Å². The van der Waals surface area contributed by atoms with Crippen LogP contribution in [0.25, 0.3) is 0 Å². The van der Waals surface area contributed by atoms with Crippen LogP contribution in [0.2, 0.25) is 0 Å². The fraction of sp³-hybridized carbons (Fsp3) is 0.278. The molecule has 2 aromatic carbocycles. The van der Waals surface area contributed by atoms with Crippen molar-refractivity contribution < 1.29 is 4.74 Å². The van der Waals surface area contributed by atoms with Crippen molar-refractivity contribution >= 4 is 51.6 Å². The molecule has 4 nitrogen and oxygen atoms in total. The number of rotatable bonds is 4. The van der Waals surface area contributed by atoms with Gasteiger partial charge in [0.1, 0.15) is 5.75 Å². The van der Waals surface area contributed by atoms with Gasteiger partial charge in [0.2, 0.25) is 0 Å². The number of nitrogens with zero attached hydrogens (tertiary/aromatic N) is 1. The molecular formula is C18H21BrIN3O. The third-order valence-corrected chi connectivity index (χ3v) is 4.65. The largest absolute Gasteiger partial charge is 0.497 e. The number of guanidine groups is 1. The van der Waals surface area contributed by atoms with Crippen LogP contribution in [0.1, 0.15) is 24.3 Å². The second-order valence-corrected chi connectivity index (χ2v) is 6.66. The van der Waals surface area contributed by atoms with Gasteiger partial charge < -0.3 is 15.8 Å². The number of benzene rings is 2. The lowest BCUT2D eigenvalue weighted by Crippen LogP contribution is -2.31. The van der Waals surface area contributed by atoms with E-state index in [0.29, 0.717) is 17.9 Å². The van der Waals surface area contributed by atoms with Crippen LogP contribution in [0.4, 0.5) is 5.69 Å². The van der Waals surface area contributed by atoms with Crippen molar-refractivity contribution in [3.63, 3.8) is 0 Å². The Morgan fingerprint density at radius 1 is 1.21 bits per heavy atom. The smallest absolute Gasteiger partial charge is 0.193 e. The van der Waals surface area contributed by atoms with E-state index in [-0.39, 0.29) is 24.0 Å². The van der Waals surface area contributed by atoms with E-state index in [1.54, 1.807) is 7.11 Å². The van der Waals surface area contributed by atoms with E-state index in [4.69, 9.17) is 10.5 Å². The molecule has 0 heterocycles. The summed E-state index contributed by atoms with van der Waals surface area (Å²) in [4.78, 5) is 4.56. The molecule has 1 saturated carbocycles. The first kappa shape index (κ1) is 19.1. The normalized spacial score (nSPS) is 19.8. The molecule has 0 aromatic heterocycles. The zero-order chi connectivity index (χ0) is 16.2. The average Bonchev–Trinajstić information content (AvgIpc) is 2.52. The molecule has 1 fully saturated rings. The number of halogens is 2.